The van der Waals surface area contributed by atoms with Gasteiger partial charge in [0.25, 0.3) is 11.6 Å². The van der Waals surface area contributed by atoms with E-state index < -0.39 is 43.0 Å². The molecule has 11 heteroatoms. The first kappa shape index (κ1) is 26.3. The first-order chi connectivity index (χ1) is 18.1. The smallest absolute Gasteiger partial charge is 0.300 e. The van der Waals surface area contributed by atoms with Crippen molar-refractivity contribution in [3.8, 4) is 0 Å². The molecule has 3 saturated heterocycles. The number of rotatable bonds is 8. The molecule has 38 heavy (non-hydrogen) atoms. The van der Waals surface area contributed by atoms with Crippen LogP contribution in [0.1, 0.15) is 45.2 Å². The van der Waals surface area contributed by atoms with Gasteiger partial charge in [-0.1, -0.05) is 69.7 Å². The molecule has 3 heterocycles. The van der Waals surface area contributed by atoms with Crippen LogP contribution < -0.4 is 0 Å². The second-order valence-corrected chi connectivity index (χ2v) is 12.7. The second kappa shape index (κ2) is 9.46. The molecule has 5 rings (SSSR count). The minimum Gasteiger partial charge on any atom is -0.300 e. The Kier molecular flexibility index (Phi) is 6.55. The molecule has 0 aromatic heterocycles. The van der Waals surface area contributed by atoms with Gasteiger partial charge in [0.1, 0.15) is 5.54 Å². The summed E-state index contributed by atoms with van der Waals surface area (Å²) in [6.07, 6.45) is 1.27. The average molecular weight is 541 g/mol. The first-order valence-corrected chi connectivity index (χ1v) is 14.4. The van der Waals surface area contributed by atoms with E-state index in [2.05, 4.69) is 0 Å². The lowest BCUT2D eigenvalue weighted by atomic mass is 9.78. The number of benzene rings is 2. The number of hydrogen-bond acceptors (Lipinski definition) is 6. The lowest BCUT2D eigenvalue weighted by Crippen LogP contribution is -2.52. The maximum absolute atomic E-state index is 14.2. The van der Waals surface area contributed by atoms with Gasteiger partial charge in [-0.25, -0.2) is 13.2 Å². The Hall–Kier alpha value is -3.31. The van der Waals surface area contributed by atoms with Gasteiger partial charge in [-0.2, -0.15) is 4.31 Å². The zero-order valence-electron chi connectivity index (χ0n) is 21.7. The standard InChI is InChI=1S/C27H32N4O6S/c1-4-20-21-16-28(38(36,37)23-13-9-8-12-22(23)31(34)35)17-27(21)25(32)29(15-14-18(2)3)26(33)30(27)24(20)19-10-6-5-7-11-19/h5-13,18,20-21,24H,4,14-17H2,1-3H3/t20-,21+,24+,27+/m1/s1. The minimum absolute atomic E-state index is 0.00373. The van der Waals surface area contributed by atoms with Crippen LogP contribution in [0.3, 0.4) is 0 Å². The van der Waals surface area contributed by atoms with Crippen molar-refractivity contribution in [1.82, 2.24) is 14.1 Å². The van der Waals surface area contributed by atoms with Gasteiger partial charge in [0.2, 0.25) is 10.0 Å². The molecular formula is C27H32N4O6S. The molecular weight excluding hydrogens is 508 g/mol. The Bertz CT molecular complexity index is 1380. The van der Waals surface area contributed by atoms with Crippen LogP contribution in [0.25, 0.3) is 0 Å². The van der Waals surface area contributed by atoms with Crippen molar-refractivity contribution in [2.24, 2.45) is 17.8 Å². The van der Waals surface area contributed by atoms with Gasteiger partial charge in [-0.15, -0.1) is 0 Å². The van der Waals surface area contributed by atoms with Crippen LogP contribution in [0.2, 0.25) is 0 Å². The van der Waals surface area contributed by atoms with Crippen LogP contribution >= 0.6 is 0 Å². The highest BCUT2D eigenvalue weighted by molar-refractivity contribution is 7.89. The molecule has 3 aliphatic rings. The number of sulfonamides is 1. The molecule has 0 bridgehead atoms. The highest BCUT2D eigenvalue weighted by Gasteiger charge is 2.74. The lowest BCUT2D eigenvalue weighted by Gasteiger charge is -2.32. The van der Waals surface area contributed by atoms with Crippen LogP contribution in [-0.2, 0) is 14.8 Å². The van der Waals surface area contributed by atoms with E-state index in [1.54, 1.807) is 4.90 Å². The highest BCUT2D eigenvalue weighted by Crippen LogP contribution is 2.59. The molecule has 10 nitrogen and oxygen atoms in total. The van der Waals surface area contributed by atoms with Crippen molar-refractivity contribution < 1.29 is 22.9 Å². The molecule has 4 atom stereocenters. The molecule has 0 unspecified atom stereocenters. The summed E-state index contributed by atoms with van der Waals surface area (Å²) >= 11 is 0. The summed E-state index contributed by atoms with van der Waals surface area (Å²) in [5, 5.41) is 11.6. The zero-order chi connectivity index (χ0) is 27.4. The van der Waals surface area contributed by atoms with E-state index >= 15 is 0 Å². The SMILES string of the molecule is CC[C@H]1[C@H](c2ccccc2)N2C(=O)N(CCC(C)C)C(=O)[C@@]23CN(S(=O)(=O)c2ccccc2[N+](=O)[O-])C[C@@H]13. The fourth-order valence-electron chi connectivity index (χ4n) is 6.58. The van der Waals surface area contributed by atoms with Gasteiger partial charge in [-0.05, 0) is 29.9 Å². The van der Waals surface area contributed by atoms with Gasteiger partial charge >= 0.3 is 6.03 Å². The molecule has 0 aliphatic carbocycles. The summed E-state index contributed by atoms with van der Waals surface area (Å²) in [6.45, 7) is 6.06. The Morgan fingerprint density at radius 3 is 2.37 bits per heavy atom. The molecule has 202 valence electrons. The van der Waals surface area contributed by atoms with Crippen molar-refractivity contribution in [3.05, 3.63) is 70.3 Å². The maximum atomic E-state index is 14.2. The number of carbonyl (C=O) groups excluding carboxylic acids is 2. The third-order valence-electron chi connectivity index (χ3n) is 8.34. The van der Waals surface area contributed by atoms with Gasteiger partial charge in [0.05, 0.1) is 11.0 Å². The number of nitro groups is 1. The average Bonchev–Trinajstić information content (AvgIpc) is 3.48. The van der Waals surface area contributed by atoms with Crippen LogP contribution in [0.15, 0.2) is 59.5 Å². The number of hydrogen-bond donors (Lipinski definition) is 0. The number of amides is 3. The molecule has 2 aromatic carbocycles. The van der Waals surface area contributed by atoms with E-state index in [0.29, 0.717) is 12.8 Å². The number of para-hydroxylation sites is 1. The topological polar surface area (TPSA) is 121 Å². The predicted octanol–water partition coefficient (Wildman–Crippen LogP) is 4.05. The summed E-state index contributed by atoms with van der Waals surface area (Å²) in [5.41, 5.74) is -0.958. The monoisotopic (exact) mass is 540 g/mol. The normalized spacial score (nSPS) is 27.3. The van der Waals surface area contributed by atoms with Gasteiger partial charge < -0.3 is 4.90 Å². The van der Waals surface area contributed by atoms with E-state index in [-0.39, 0.29) is 43.4 Å². The van der Waals surface area contributed by atoms with Crippen LogP contribution in [0.5, 0.6) is 0 Å². The Balaban J connectivity index is 1.62. The van der Waals surface area contributed by atoms with E-state index in [1.807, 2.05) is 51.1 Å². The quantitative estimate of drug-likeness (QED) is 0.283. The van der Waals surface area contributed by atoms with Crippen molar-refractivity contribution in [2.75, 3.05) is 19.6 Å². The number of nitro benzene ring substituents is 1. The molecule has 3 amide bonds. The number of imide groups is 1. The zero-order valence-corrected chi connectivity index (χ0v) is 22.5. The molecule has 0 radical (unpaired) electrons. The van der Waals surface area contributed by atoms with Crippen molar-refractivity contribution in [1.29, 1.82) is 0 Å². The summed E-state index contributed by atoms with van der Waals surface area (Å²) in [5.74, 6) is -0.712. The van der Waals surface area contributed by atoms with E-state index in [1.165, 1.54) is 27.4 Å². The number of nitrogens with zero attached hydrogens (tertiary/aromatic N) is 4. The van der Waals surface area contributed by atoms with Gasteiger partial charge in [0, 0.05) is 31.6 Å². The van der Waals surface area contributed by atoms with Crippen molar-refractivity contribution in [2.45, 2.75) is 50.1 Å². The molecule has 2 aromatic rings. The van der Waals surface area contributed by atoms with Crippen molar-refractivity contribution in [3.63, 3.8) is 0 Å². The van der Waals surface area contributed by atoms with Gasteiger partial charge in [0.15, 0.2) is 4.90 Å². The summed E-state index contributed by atoms with van der Waals surface area (Å²) in [6, 6.07) is 14.0. The molecule has 3 aliphatic heterocycles. The molecule has 1 spiro atoms. The Labute approximate surface area is 222 Å². The third kappa shape index (κ3) is 3.74. The fourth-order valence-corrected chi connectivity index (χ4v) is 8.24. The minimum atomic E-state index is -4.32. The van der Waals surface area contributed by atoms with E-state index in [4.69, 9.17) is 0 Å². The van der Waals surface area contributed by atoms with E-state index in [0.717, 1.165) is 11.6 Å². The number of urea groups is 1. The lowest BCUT2D eigenvalue weighted by molar-refractivity contribution is -0.387. The molecule has 3 fully saturated rings. The predicted molar refractivity (Wildman–Crippen MR) is 139 cm³/mol. The van der Waals surface area contributed by atoms with E-state index in [9.17, 15) is 28.1 Å². The molecule has 0 saturated carbocycles. The summed E-state index contributed by atoms with van der Waals surface area (Å²) in [4.78, 5) is 41.5. The van der Waals surface area contributed by atoms with Crippen LogP contribution in [0.4, 0.5) is 10.5 Å². The third-order valence-corrected chi connectivity index (χ3v) is 10.2. The van der Waals surface area contributed by atoms with Crippen molar-refractivity contribution >= 4 is 27.6 Å². The maximum Gasteiger partial charge on any atom is 0.328 e. The first-order valence-electron chi connectivity index (χ1n) is 13.0. The van der Waals surface area contributed by atoms with Crippen LogP contribution in [0, 0.1) is 27.9 Å². The van der Waals surface area contributed by atoms with Gasteiger partial charge in [-0.3, -0.25) is 19.8 Å². The second-order valence-electron chi connectivity index (χ2n) is 10.8. The Morgan fingerprint density at radius 2 is 1.74 bits per heavy atom. The fraction of sp³-hybridized carbons (Fsp3) is 0.481. The summed E-state index contributed by atoms with van der Waals surface area (Å²) < 4.78 is 28.8. The van der Waals surface area contributed by atoms with Crippen LogP contribution in [-0.4, -0.2) is 64.6 Å². The number of carbonyl (C=O) groups is 2. The Morgan fingerprint density at radius 1 is 1.08 bits per heavy atom. The summed E-state index contributed by atoms with van der Waals surface area (Å²) in [7, 11) is -4.32. The largest absolute Gasteiger partial charge is 0.328 e. The highest BCUT2D eigenvalue weighted by atomic mass is 32.2. The molecule has 0 N–H and O–H groups in total.